The van der Waals surface area contributed by atoms with E-state index < -0.39 is 23.7 Å². The fourth-order valence-electron chi connectivity index (χ4n) is 1.40. The van der Waals surface area contributed by atoms with Gasteiger partial charge in [-0.05, 0) is 12.1 Å². The van der Waals surface area contributed by atoms with E-state index in [2.05, 4.69) is 17.5 Å². The molecule has 4 nitrogen and oxygen atoms in total. The Labute approximate surface area is 119 Å². The van der Waals surface area contributed by atoms with Crippen molar-refractivity contribution in [3.63, 3.8) is 0 Å². The van der Waals surface area contributed by atoms with Crippen molar-refractivity contribution in [3.05, 3.63) is 24.3 Å². The van der Waals surface area contributed by atoms with Crippen LogP contribution in [0.25, 0.3) is 0 Å². The van der Waals surface area contributed by atoms with Gasteiger partial charge in [-0.3, -0.25) is 4.79 Å². The fraction of sp³-hybridized carbons (Fsp3) is 0.333. The minimum atomic E-state index is -4.57. The third kappa shape index (κ3) is 4.69. The smallest absolute Gasteiger partial charge is 0.401 e. The monoisotopic (exact) mass is 306 g/mol. The topological polar surface area (TPSA) is 64.3 Å². The molecular formula is C12H13F3N2O2S. The first-order valence-electron chi connectivity index (χ1n) is 5.57. The standard InChI is InChI=1S/C12H13F3N2O2S/c1-7(18)17-9-4-2-3-5-10(9)19-6-8(11(16)20)12(13,14)15/h2-5,8H,6H2,1H3,(H2,16,20)(H,17,18). The number of ether oxygens (including phenoxy) is 1. The zero-order valence-electron chi connectivity index (χ0n) is 10.5. The Morgan fingerprint density at radius 3 is 2.55 bits per heavy atom. The van der Waals surface area contributed by atoms with E-state index in [1.807, 2.05) is 0 Å². The summed E-state index contributed by atoms with van der Waals surface area (Å²) in [6, 6.07) is 6.15. The van der Waals surface area contributed by atoms with Gasteiger partial charge in [-0.25, -0.2) is 0 Å². The van der Waals surface area contributed by atoms with Crippen LogP contribution < -0.4 is 15.8 Å². The van der Waals surface area contributed by atoms with Gasteiger partial charge >= 0.3 is 6.18 Å². The van der Waals surface area contributed by atoms with Gasteiger partial charge in [0.2, 0.25) is 5.91 Å². The van der Waals surface area contributed by atoms with Crippen molar-refractivity contribution in [1.82, 2.24) is 0 Å². The van der Waals surface area contributed by atoms with E-state index in [0.717, 1.165) is 0 Å². The summed E-state index contributed by atoms with van der Waals surface area (Å²) in [6.07, 6.45) is -4.57. The van der Waals surface area contributed by atoms with E-state index in [4.69, 9.17) is 10.5 Å². The van der Waals surface area contributed by atoms with E-state index in [0.29, 0.717) is 0 Å². The molecule has 0 bridgehead atoms. The number of halogens is 3. The molecule has 3 N–H and O–H groups in total. The summed E-state index contributed by atoms with van der Waals surface area (Å²) in [6.45, 7) is 0.541. The van der Waals surface area contributed by atoms with Crippen molar-refractivity contribution in [2.75, 3.05) is 11.9 Å². The van der Waals surface area contributed by atoms with Crippen LogP contribution in [0.1, 0.15) is 6.92 Å². The van der Waals surface area contributed by atoms with Crippen LogP contribution in [-0.4, -0.2) is 23.7 Å². The minimum Gasteiger partial charge on any atom is -0.490 e. The Hall–Kier alpha value is -1.83. The van der Waals surface area contributed by atoms with Crippen molar-refractivity contribution in [3.8, 4) is 5.75 Å². The first-order valence-corrected chi connectivity index (χ1v) is 5.98. The Kier molecular flexibility index (Phi) is 5.32. The number of nitrogens with one attached hydrogen (secondary N) is 1. The molecule has 0 fully saturated rings. The van der Waals surface area contributed by atoms with Crippen molar-refractivity contribution >= 4 is 28.8 Å². The lowest BCUT2D eigenvalue weighted by atomic mass is 10.1. The third-order valence-corrected chi connectivity index (χ3v) is 2.63. The molecule has 1 unspecified atom stereocenters. The lowest BCUT2D eigenvalue weighted by Crippen LogP contribution is -2.38. The van der Waals surface area contributed by atoms with Gasteiger partial charge in [-0.2, -0.15) is 13.2 Å². The van der Waals surface area contributed by atoms with Crippen LogP contribution in [0.2, 0.25) is 0 Å². The second kappa shape index (κ2) is 6.56. The molecule has 1 atom stereocenters. The van der Waals surface area contributed by atoms with Crippen LogP contribution >= 0.6 is 12.2 Å². The van der Waals surface area contributed by atoms with E-state index >= 15 is 0 Å². The normalized spacial score (nSPS) is 12.6. The molecule has 8 heteroatoms. The number of carbonyl (C=O) groups excluding carboxylic acids is 1. The summed E-state index contributed by atoms with van der Waals surface area (Å²) in [7, 11) is 0. The summed E-state index contributed by atoms with van der Waals surface area (Å²) in [5.74, 6) is -2.28. The zero-order chi connectivity index (χ0) is 15.3. The number of carbonyl (C=O) groups is 1. The van der Waals surface area contributed by atoms with Crippen LogP contribution in [0.4, 0.5) is 18.9 Å². The van der Waals surface area contributed by atoms with Gasteiger partial charge in [0.1, 0.15) is 18.3 Å². The van der Waals surface area contributed by atoms with Gasteiger partial charge in [-0.15, -0.1) is 0 Å². The molecule has 0 saturated heterocycles. The highest BCUT2D eigenvalue weighted by Crippen LogP contribution is 2.29. The number of nitrogens with two attached hydrogens (primary N) is 1. The molecule has 0 spiro atoms. The van der Waals surface area contributed by atoms with E-state index in [1.54, 1.807) is 12.1 Å². The first-order chi connectivity index (χ1) is 9.21. The molecule has 0 saturated carbocycles. The van der Waals surface area contributed by atoms with Crippen LogP contribution in [0.5, 0.6) is 5.75 Å². The number of amides is 1. The van der Waals surface area contributed by atoms with Crippen LogP contribution in [0.3, 0.4) is 0 Å². The van der Waals surface area contributed by atoms with Gasteiger partial charge in [-0.1, -0.05) is 24.4 Å². The molecule has 0 heterocycles. The molecule has 1 rings (SSSR count). The lowest BCUT2D eigenvalue weighted by Gasteiger charge is -2.20. The number of alkyl halides is 3. The zero-order valence-corrected chi connectivity index (χ0v) is 11.3. The summed E-state index contributed by atoms with van der Waals surface area (Å²) >= 11 is 4.39. The highest BCUT2D eigenvalue weighted by molar-refractivity contribution is 7.80. The maximum Gasteiger partial charge on any atom is 0.401 e. The van der Waals surface area contributed by atoms with Crippen LogP contribution in [0, 0.1) is 5.92 Å². The number of hydrogen-bond acceptors (Lipinski definition) is 3. The SMILES string of the molecule is CC(=O)Nc1ccccc1OCC(C(N)=S)C(F)(F)F. The van der Waals surface area contributed by atoms with Crippen molar-refractivity contribution < 1.29 is 22.7 Å². The first kappa shape index (κ1) is 16.2. The summed E-state index contributed by atoms with van der Waals surface area (Å²) in [4.78, 5) is 10.3. The second-order valence-corrected chi connectivity index (χ2v) is 4.46. The van der Waals surface area contributed by atoms with Crippen molar-refractivity contribution in [1.29, 1.82) is 0 Å². The predicted molar refractivity (Wildman–Crippen MR) is 72.6 cm³/mol. The van der Waals surface area contributed by atoms with Gasteiger partial charge in [0.05, 0.1) is 10.7 Å². The van der Waals surface area contributed by atoms with Crippen molar-refractivity contribution in [2.24, 2.45) is 11.7 Å². The molecular weight excluding hydrogens is 293 g/mol. The van der Waals surface area contributed by atoms with Crippen LogP contribution in [0.15, 0.2) is 24.3 Å². The maximum absolute atomic E-state index is 12.7. The highest BCUT2D eigenvalue weighted by atomic mass is 32.1. The summed E-state index contributed by atoms with van der Waals surface area (Å²) in [5.41, 5.74) is 5.35. The highest BCUT2D eigenvalue weighted by Gasteiger charge is 2.42. The minimum absolute atomic E-state index is 0.119. The average Bonchev–Trinajstić information content (AvgIpc) is 2.28. The number of benzene rings is 1. The number of thiocarbonyl (C=S) groups is 1. The molecule has 1 amide bonds. The lowest BCUT2D eigenvalue weighted by molar-refractivity contribution is -0.161. The Morgan fingerprint density at radius 1 is 1.45 bits per heavy atom. The average molecular weight is 306 g/mol. The number of hydrogen-bond donors (Lipinski definition) is 2. The number of anilines is 1. The molecule has 0 aliphatic heterocycles. The van der Waals surface area contributed by atoms with Gasteiger partial charge in [0.25, 0.3) is 0 Å². The molecule has 1 aromatic carbocycles. The second-order valence-electron chi connectivity index (χ2n) is 3.98. The fourth-order valence-corrected chi connectivity index (χ4v) is 1.60. The summed E-state index contributed by atoms with van der Waals surface area (Å²) in [5, 5.41) is 2.46. The molecule has 0 aromatic heterocycles. The summed E-state index contributed by atoms with van der Waals surface area (Å²) < 4.78 is 43.1. The Balaban J connectivity index is 2.83. The number of para-hydroxylation sites is 2. The van der Waals surface area contributed by atoms with Gasteiger partial charge in [0.15, 0.2) is 0 Å². The molecule has 1 aromatic rings. The van der Waals surface area contributed by atoms with E-state index in [9.17, 15) is 18.0 Å². The van der Waals surface area contributed by atoms with Gasteiger partial charge < -0.3 is 15.8 Å². The van der Waals surface area contributed by atoms with E-state index in [-0.39, 0.29) is 17.3 Å². The Bertz CT molecular complexity index is 506. The van der Waals surface area contributed by atoms with Crippen molar-refractivity contribution in [2.45, 2.75) is 13.1 Å². The molecule has 110 valence electrons. The quantitative estimate of drug-likeness (QED) is 0.820. The van der Waals surface area contributed by atoms with E-state index in [1.165, 1.54) is 19.1 Å². The maximum atomic E-state index is 12.7. The molecule has 0 aliphatic rings. The Morgan fingerprint density at radius 2 is 2.05 bits per heavy atom. The van der Waals surface area contributed by atoms with Gasteiger partial charge in [0, 0.05) is 6.92 Å². The predicted octanol–water partition coefficient (Wildman–Crippen LogP) is 2.49. The van der Waals surface area contributed by atoms with Crippen LogP contribution in [-0.2, 0) is 4.79 Å². The largest absolute Gasteiger partial charge is 0.490 e. The molecule has 0 aliphatic carbocycles. The molecule has 0 radical (unpaired) electrons. The molecule has 20 heavy (non-hydrogen) atoms. The number of rotatable bonds is 5. The third-order valence-electron chi connectivity index (χ3n) is 2.34.